The third kappa shape index (κ3) is 1.22. The molecule has 2 aromatic rings. The number of fused-ring (bicyclic) bond motifs is 1. The first kappa shape index (κ1) is 8.97. The number of aromatic hydroxyl groups is 1. The average molecular weight is 207 g/mol. The number of hydrogen-bond donors (Lipinski definition) is 1. The summed E-state index contributed by atoms with van der Waals surface area (Å²) in [5.41, 5.74) is 0.685. The molecule has 0 aliphatic carbocycles. The Labute approximate surface area is 83.8 Å². The van der Waals surface area contributed by atoms with Gasteiger partial charge in [-0.25, -0.2) is 4.39 Å². The highest BCUT2D eigenvalue weighted by atomic mass is 32.1. The summed E-state index contributed by atoms with van der Waals surface area (Å²) in [6.07, 6.45) is 0.191. The van der Waals surface area contributed by atoms with Gasteiger partial charge in [-0.15, -0.1) is 11.3 Å². The van der Waals surface area contributed by atoms with Crippen LogP contribution in [0.5, 0.6) is 5.75 Å². The molecule has 0 aliphatic heterocycles. The van der Waals surface area contributed by atoms with Gasteiger partial charge in [0.25, 0.3) is 0 Å². The summed E-state index contributed by atoms with van der Waals surface area (Å²) in [4.78, 5) is 0. The van der Waals surface area contributed by atoms with Gasteiger partial charge in [-0.05, 0) is 23.1 Å². The Morgan fingerprint density at radius 3 is 3.00 bits per heavy atom. The van der Waals surface area contributed by atoms with E-state index < -0.39 is 5.82 Å². The summed E-state index contributed by atoms with van der Waals surface area (Å²) in [6, 6.07) is 4.82. The first-order valence-electron chi connectivity index (χ1n) is 3.98. The Hall–Kier alpha value is -1.60. The Bertz CT molecular complexity index is 527. The minimum absolute atomic E-state index is 0.191. The lowest BCUT2D eigenvalue weighted by Crippen LogP contribution is -1.81. The Morgan fingerprint density at radius 1 is 1.50 bits per heavy atom. The predicted octanol–water partition coefficient (Wildman–Crippen LogP) is 2.81. The second-order valence-corrected chi connectivity index (χ2v) is 3.78. The third-order valence-corrected chi connectivity index (χ3v) is 3.01. The largest absolute Gasteiger partial charge is 0.504 e. The van der Waals surface area contributed by atoms with Crippen LogP contribution in [0.2, 0.25) is 0 Å². The average Bonchev–Trinajstić information content (AvgIpc) is 2.57. The second kappa shape index (κ2) is 3.28. The van der Waals surface area contributed by atoms with Crippen molar-refractivity contribution in [2.24, 2.45) is 0 Å². The number of hydrogen-bond acceptors (Lipinski definition) is 3. The first-order valence-corrected chi connectivity index (χ1v) is 4.86. The molecular weight excluding hydrogens is 201 g/mol. The van der Waals surface area contributed by atoms with E-state index in [2.05, 4.69) is 0 Å². The Balaban J connectivity index is 2.77. The zero-order valence-electron chi connectivity index (χ0n) is 7.12. The van der Waals surface area contributed by atoms with Gasteiger partial charge in [0.1, 0.15) is 0 Å². The van der Waals surface area contributed by atoms with Crippen molar-refractivity contribution in [3.8, 4) is 11.8 Å². The van der Waals surface area contributed by atoms with E-state index in [4.69, 9.17) is 5.26 Å². The summed E-state index contributed by atoms with van der Waals surface area (Å²) in [5, 5.41) is 20.3. The van der Waals surface area contributed by atoms with Crippen LogP contribution in [-0.2, 0) is 6.42 Å². The maximum absolute atomic E-state index is 13.0. The molecule has 1 aromatic carbocycles. The number of phenolic OH excluding ortho intramolecular Hbond substituents is 1. The molecule has 2 rings (SSSR count). The number of benzene rings is 1. The van der Waals surface area contributed by atoms with Gasteiger partial charge in [-0.1, -0.05) is 0 Å². The van der Waals surface area contributed by atoms with E-state index in [1.807, 2.05) is 6.07 Å². The summed E-state index contributed by atoms with van der Waals surface area (Å²) in [5.74, 6) is -0.996. The molecule has 1 N–H and O–H groups in total. The monoisotopic (exact) mass is 207 g/mol. The highest BCUT2D eigenvalue weighted by Gasteiger charge is 2.11. The second-order valence-electron chi connectivity index (χ2n) is 2.86. The molecule has 0 unspecified atom stereocenters. The van der Waals surface area contributed by atoms with Gasteiger partial charge in [-0.2, -0.15) is 5.26 Å². The normalized spacial score (nSPS) is 10.3. The molecule has 0 amide bonds. The van der Waals surface area contributed by atoms with E-state index in [-0.39, 0.29) is 12.2 Å². The zero-order chi connectivity index (χ0) is 10.1. The standard InChI is InChI=1S/C10H6FNOS/c11-7-1-2-8-9(10(7)13)6(3-4-12)5-14-8/h1-2,5,13H,3H2. The van der Waals surface area contributed by atoms with E-state index in [0.717, 1.165) is 4.70 Å². The van der Waals surface area contributed by atoms with Crippen molar-refractivity contribution in [1.82, 2.24) is 0 Å². The molecule has 14 heavy (non-hydrogen) atoms. The molecule has 1 aromatic heterocycles. The highest BCUT2D eigenvalue weighted by Crippen LogP contribution is 2.35. The van der Waals surface area contributed by atoms with Crippen LogP contribution in [0.15, 0.2) is 17.5 Å². The lowest BCUT2D eigenvalue weighted by molar-refractivity contribution is 0.438. The molecule has 0 atom stereocenters. The topological polar surface area (TPSA) is 44.0 Å². The molecule has 0 saturated carbocycles. The fourth-order valence-corrected chi connectivity index (χ4v) is 2.33. The smallest absolute Gasteiger partial charge is 0.165 e. The van der Waals surface area contributed by atoms with Gasteiger partial charge in [-0.3, -0.25) is 0 Å². The van der Waals surface area contributed by atoms with Crippen LogP contribution in [0, 0.1) is 17.1 Å². The minimum Gasteiger partial charge on any atom is -0.504 e. The van der Waals surface area contributed by atoms with E-state index >= 15 is 0 Å². The van der Waals surface area contributed by atoms with Gasteiger partial charge in [0, 0.05) is 10.1 Å². The van der Waals surface area contributed by atoms with E-state index in [0.29, 0.717) is 10.9 Å². The van der Waals surface area contributed by atoms with Gasteiger partial charge in [0.05, 0.1) is 12.5 Å². The SMILES string of the molecule is N#CCc1csc2ccc(F)c(O)c12. The van der Waals surface area contributed by atoms with Crippen molar-refractivity contribution in [2.75, 3.05) is 0 Å². The van der Waals surface area contributed by atoms with Crippen molar-refractivity contribution in [2.45, 2.75) is 6.42 Å². The number of phenols is 1. The van der Waals surface area contributed by atoms with E-state index in [9.17, 15) is 9.50 Å². The quantitative estimate of drug-likeness (QED) is 0.781. The summed E-state index contributed by atoms with van der Waals surface area (Å²) >= 11 is 1.40. The number of thiophene rings is 1. The molecule has 0 saturated heterocycles. The maximum Gasteiger partial charge on any atom is 0.165 e. The van der Waals surface area contributed by atoms with E-state index in [1.54, 1.807) is 11.4 Å². The van der Waals surface area contributed by atoms with Crippen molar-refractivity contribution >= 4 is 21.4 Å². The highest BCUT2D eigenvalue weighted by molar-refractivity contribution is 7.17. The Kier molecular flexibility index (Phi) is 2.10. The molecule has 0 spiro atoms. The lowest BCUT2D eigenvalue weighted by Gasteiger charge is -1.98. The fourth-order valence-electron chi connectivity index (χ4n) is 1.36. The lowest BCUT2D eigenvalue weighted by atomic mass is 10.1. The summed E-state index contributed by atoms with van der Waals surface area (Å²) in [6.45, 7) is 0. The van der Waals surface area contributed by atoms with Crippen LogP contribution in [0.1, 0.15) is 5.56 Å². The molecule has 0 fully saturated rings. The number of rotatable bonds is 1. The van der Waals surface area contributed by atoms with Crippen LogP contribution in [0.25, 0.3) is 10.1 Å². The fraction of sp³-hybridized carbons (Fsp3) is 0.100. The first-order chi connectivity index (χ1) is 6.74. The molecule has 0 aliphatic rings. The molecular formula is C10H6FNOS. The van der Waals surface area contributed by atoms with Crippen LogP contribution < -0.4 is 0 Å². The molecule has 70 valence electrons. The minimum atomic E-state index is -0.643. The number of nitriles is 1. The maximum atomic E-state index is 13.0. The van der Waals surface area contributed by atoms with Crippen LogP contribution >= 0.6 is 11.3 Å². The van der Waals surface area contributed by atoms with Gasteiger partial charge in [0.2, 0.25) is 0 Å². The number of halogens is 1. The number of nitrogens with zero attached hydrogens (tertiary/aromatic N) is 1. The summed E-state index contributed by atoms with van der Waals surface area (Å²) in [7, 11) is 0. The van der Waals surface area contributed by atoms with Crippen LogP contribution in [0.3, 0.4) is 0 Å². The third-order valence-electron chi connectivity index (χ3n) is 2.01. The van der Waals surface area contributed by atoms with Gasteiger partial charge >= 0.3 is 0 Å². The molecule has 1 heterocycles. The molecule has 2 nitrogen and oxygen atoms in total. The molecule has 0 bridgehead atoms. The zero-order valence-corrected chi connectivity index (χ0v) is 7.94. The van der Waals surface area contributed by atoms with Gasteiger partial charge < -0.3 is 5.11 Å². The Morgan fingerprint density at radius 2 is 2.29 bits per heavy atom. The molecule has 0 radical (unpaired) electrons. The van der Waals surface area contributed by atoms with Gasteiger partial charge in [0.15, 0.2) is 11.6 Å². The van der Waals surface area contributed by atoms with Crippen molar-refractivity contribution in [3.63, 3.8) is 0 Å². The van der Waals surface area contributed by atoms with Crippen molar-refractivity contribution in [1.29, 1.82) is 5.26 Å². The van der Waals surface area contributed by atoms with Crippen LogP contribution in [-0.4, -0.2) is 5.11 Å². The van der Waals surface area contributed by atoms with Crippen molar-refractivity contribution in [3.05, 3.63) is 28.9 Å². The van der Waals surface area contributed by atoms with E-state index in [1.165, 1.54) is 17.4 Å². The molecule has 4 heteroatoms. The summed E-state index contributed by atoms with van der Waals surface area (Å²) < 4.78 is 13.8. The van der Waals surface area contributed by atoms with Crippen LogP contribution in [0.4, 0.5) is 4.39 Å². The predicted molar refractivity (Wildman–Crippen MR) is 52.8 cm³/mol. The van der Waals surface area contributed by atoms with Crippen molar-refractivity contribution < 1.29 is 9.50 Å².